The van der Waals surface area contributed by atoms with E-state index in [0.717, 1.165) is 51.4 Å². The van der Waals surface area contributed by atoms with Gasteiger partial charge in [-0.2, -0.15) is 0 Å². The lowest BCUT2D eigenvalue weighted by molar-refractivity contribution is -0.116. The van der Waals surface area contributed by atoms with Crippen molar-refractivity contribution >= 4 is 5.78 Å². The summed E-state index contributed by atoms with van der Waals surface area (Å²) in [6.45, 7) is 6.58. The predicted octanol–water partition coefficient (Wildman–Crippen LogP) is 7.24. The first kappa shape index (κ1) is 25.1. The van der Waals surface area contributed by atoms with Gasteiger partial charge < -0.3 is 9.67 Å². The van der Waals surface area contributed by atoms with Crippen LogP contribution in [0.4, 0.5) is 0 Å². The topological polar surface area (TPSA) is 42.2 Å². The SMILES string of the molecule is CC#C[C@]1(O)CC[C@@H]([C@@H]2CCC3=CC(=O)CC[C@]3(C)[C@H]2[C@H](CCC)c2ccc(-n3cccc3)cc2)C1. The Morgan fingerprint density at radius 2 is 1.86 bits per heavy atom. The van der Waals surface area contributed by atoms with Gasteiger partial charge in [0, 0.05) is 24.5 Å². The van der Waals surface area contributed by atoms with E-state index in [9.17, 15) is 9.90 Å². The standard InChI is InChI=1S/C33H41NO2/c1-4-8-29(24-9-12-27(13-10-24)34-20-6-7-21-34)31-30(25-15-19-33(36,23-25)17-5-2)14-11-26-22-28(35)16-18-32(26,31)3/h6-7,9-10,12-13,20-22,25,29-31,36H,4,8,11,14-16,18-19,23H2,1-3H3/t25-,29-,30+,31+,32+,33+/m1/s1. The lowest BCUT2D eigenvalue weighted by Gasteiger charge is -2.54. The number of carbonyl (C=O) groups is 1. The Kier molecular flexibility index (Phi) is 7.01. The van der Waals surface area contributed by atoms with Gasteiger partial charge in [-0.1, -0.05) is 43.9 Å². The molecule has 2 aromatic rings. The third-order valence-corrected chi connectivity index (χ3v) is 9.65. The fraction of sp³-hybridized carbons (Fsp3) is 0.545. The molecule has 190 valence electrons. The highest BCUT2D eigenvalue weighted by molar-refractivity contribution is 5.91. The Balaban J connectivity index is 1.54. The minimum atomic E-state index is -0.831. The number of nitrogens with zero attached hydrogens (tertiary/aromatic N) is 1. The van der Waals surface area contributed by atoms with Crippen molar-refractivity contribution in [3.05, 3.63) is 66.0 Å². The zero-order valence-electron chi connectivity index (χ0n) is 22.2. The Morgan fingerprint density at radius 3 is 2.56 bits per heavy atom. The average molecular weight is 484 g/mol. The van der Waals surface area contributed by atoms with E-state index < -0.39 is 5.60 Å². The van der Waals surface area contributed by atoms with Crippen LogP contribution in [-0.2, 0) is 4.79 Å². The van der Waals surface area contributed by atoms with Crippen molar-refractivity contribution in [1.29, 1.82) is 0 Å². The molecule has 0 saturated heterocycles. The molecule has 0 aliphatic heterocycles. The van der Waals surface area contributed by atoms with Crippen LogP contribution in [0, 0.1) is 35.0 Å². The second kappa shape index (κ2) is 10.1. The maximum absolute atomic E-state index is 12.5. The molecule has 5 rings (SSSR count). The highest BCUT2D eigenvalue weighted by Gasteiger charge is 2.53. The molecule has 3 aliphatic rings. The number of aliphatic hydroxyl groups is 1. The number of allylic oxidation sites excluding steroid dienone is 2. The van der Waals surface area contributed by atoms with Gasteiger partial charge in [0.15, 0.2) is 5.78 Å². The molecular formula is C33H41NO2. The van der Waals surface area contributed by atoms with Gasteiger partial charge in [-0.3, -0.25) is 4.79 Å². The summed E-state index contributed by atoms with van der Waals surface area (Å²) in [4.78, 5) is 12.5. The summed E-state index contributed by atoms with van der Waals surface area (Å²) >= 11 is 0. The maximum Gasteiger partial charge on any atom is 0.155 e. The van der Waals surface area contributed by atoms with E-state index >= 15 is 0 Å². The van der Waals surface area contributed by atoms with Gasteiger partial charge >= 0.3 is 0 Å². The van der Waals surface area contributed by atoms with Crippen LogP contribution in [0.15, 0.2) is 60.4 Å². The molecule has 0 radical (unpaired) electrons. The maximum atomic E-state index is 12.5. The average Bonchev–Trinajstić information content (AvgIpc) is 3.54. The van der Waals surface area contributed by atoms with E-state index in [4.69, 9.17) is 0 Å². The third kappa shape index (κ3) is 4.61. The Hall–Kier alpha value is -2.57. The number of hydrogen-bond donors (Lipinski definition) is 1. The highest BCUT2D eigenvalue weighted by Crippen LogP contribution is 2.61. The lowest BCUT2D eigenvalue weighted by atomic mass is 9.50. The van der Waals surface area contributed by atoms with Crippen LogP contribution in [-0.4, -0.2) is 21.1 Å². The van der Waals surface area contributed by atoms with Gasteiger partial charge in [0.2, 0.25) is 0 Å². The Labute approximate surface area is 217 Å². The molecule has 3 heteroatoms. The molecule has 0 amide bonds. The van der Waals surface area contributed by atoms with Crippen molar-refractivity contribution in [1.82, 2.24) is 4.57 Å². The minimum Gasteiger partial charge on any atom is -0.378 e. The van der Waals surface area contributed by atoms with Crippen LogP contribution >= 0.6 is 0 Å². The summed E-state index contributed by atoms with van der Waals surface area (Å²) in [6, 6.07) is 13.3. The smallest absolute Gasteiger partial charge is 0.155 e. The van der Waals surface area contributed by atoms with Crippen LogP contribution in [0.3, 0.4) is 0 Å². The normalized spacial score (nSPS) is 32.8. The van der Waals surface area contributed by atoms with Gasteiger partial charge in [0.25, 0.3) is 0 Å². The molecule has 1 N–H and O–H groups in total. The second-order valence-electron chi connectivity index (χ2n) is 11.8. The quantitative estimate of drug-likeness (QED) is 0.440. The molecule has 36 heavy (non-hydrogen) atoms. The van der Waals surface area contributed by atoms with Gasteiger partial charge in [-0.05, 0) is 117 Å². The zero-order chi connectivity index (χ0) is 25.3. The number of ketones is 1. The molecule has 0 spiro atoms. The number of hydrogen-bond acceptors (Lipinski definition) is 2. The summed E-state index contributed by atoms with van der Waals surface area (Å²) in [5, 5.41) is 11.2. The Morgan fingerprint density at radius 1 is 1.11 bits per heavy atom. The van der Waals surface area contributed by atoms with Crippen LogP contribution in [0.5, 0.6) is 0 Å². The van der Waals surface area contributed by atoms with Crippen LogP contribution in [0.25, 0.3) is 5.69 Å². The van der Waals surface area contributed by atoms with Crippen molar-refractivity contribution in [3.63, 3.8) is 0 Å². The first-order chi connectivity index (χ1) is 17.4. The number of carbonyl (C=O) groups excluding carboxylic acids is 1. The number of rotatable bonds is 6. The number of benzene rings is 1. The summed E-state index contributed by atoms with van der Waals surface area (Å²) < 4.78 is 2.16. The monoisotopic (exact) mass is 483 g/mol. The molecule has 1 aromatic carbocycles. The Bertz CT molecular complexity index is 1160. The van der Waals surface area contributed by atoms with Crippen molar-refractivity contribution < 1.29 is 9.90 Å². The van der Waals surface area contributed by atoms with Crippen molar-refractivity contribution in [2.45, 2.75) is 90.1 Å². The number of aromatic nitrogens is 1. The van der Waals surface area contributed by atoms with Gasteiger partial charge in [-0.25, -0.2) is 0 Å². The number of fused-ring (bicyclic) bond motifs is 1. The molecule has 3 aliphatic carbocycles. The molecule has 1 aromatic heterocycles. The zero-order valence-corrected chi connectivity index (χ0v) is 22.2. The van der Waals surface area contributed by atoms with Gasteiger partial charge in [-0.15, -0.1) is 5.92 Å². The molecule has 2 fully saturated rings. The van der Waals surface area contributed by atoms with Crippen molar-refractivity contribution in [2.24, 2.45) is 23.2 Å². The van der Waals surface area contributed by atoms with E-state index in [1.807, 2.05) is 13.0 Å². The third-order valence-electron chi connectivity index (χ3n) is 9.65. The molecule has 0 bridgehead atoms. The van der Waals surface area contributed by atoms with E-state index in [-0.39, 0.29) is 5.41 Å². The molecule has 1 heterocycles. The van der Waals surface area contributed by atoms with Crippen LogP contribution in [0.2, 0.25) is 0 Å². The molecule has 6 atom stereocenters. The summed E-state index contributed by atoms with van der Waals surface area (Å²) in [5.41, 5.74) is 3.19. The van der Waals surface area contributed by atoms with Gasteiger partial charge in [0.1, 0.15) is 5.60 Å². The fourth-order valence-corrected chi connectivity index (χ4v) is 8.00. The van der Waals surface area contributed by atoms with E-state index in [0.29, 0.717) is 35.9 Å². The minimum absolute atomic E-state index is 0.0346. The first-order valence-electron chi connectivity index (χ1n) is 14.0. The molecular weight excluding hydrogens is 442 g/mol. The van der Waals surface area contributed by atoms with Crippen molar-refractivity contribution in [3.8, 4) is 17.5 Å². The van der Waals surface area contributed by atoms with Crippen LogP contribution < -0.4 is 0 Å². The summed E-state index contributed by atoms with van der Waals surface area (Å²) in [5.74, 6) is 8.33. The molecule has 0 unspecified atom stereocenters. The first-order valence-corrected chi connectivity index (χ1v) is 14.0. The summed E-state index contributed by atoms with van der Waals surface area (Å²) in [6.07, 6.45) is 14.8. The van der Waals surface area contributed by atoms with E-state index in [1.165, 1.54) is 16.8 Å². The second-order valence-corrected chi connectivity index (χ2v) is 11.8. The largest absolute Gasteiger partial charge is 0.378 e. The molecule has 3 nitrogen and oxygen atoms in total. The van der Waals surface area contributed by atoms with E-state index in [2.05, 4.69) is 79.0 Å². The van der Waals surface area contributed by atoms with Crippen molar-refractivity contribution in [2.75, 3.05) is 0 Å². The van der Waals surface area contributed by atoms with Gasteiger partial charge in [0.05, 0.1) is 0 Å². The van der Waals surface area contributed by atoms with Crippen LogP contribution in [0.1, 0.15) is 90.0 Å². The summed E-state index contributed by atoms with van der Waals surface area (Å²) in [7, 11) is 0. The fourth-order valence-electron chi connectivity index (χ4n) is 8.00. The highest BCUT2D eigenvalue weighted by atomic mass is 16.3. The lowest BCUT2D eigenvalue weighted by Crippen LogP contribution is -2.46. The molecule has 2 saturated carbocycles. The predicted molar refractivity (Wildman–Crippen MR) is 146 cm³/mol. The van der Waals surface area contributed by atoms with E-state index in [1.54, 1.807) is 0 Å².